The molecule has 2 fully saturated rings. The number of fused-ring (bicyclic) bond motifs is 1. The van der Waals surface area contributed by atoms with Crippen LogP contribution in [0.2, 0.25) is 0 Å². The van der Waals surface area contributed by atoms with Gasteiger partial charge in [0.2, 0.25) is 5.91 Å². The van der Waals surface area contributed by atoms with E-state index in [2.05, 4.69) is 0 Å². The molecule has 1 saturated heterocycles. The fraction of sp³-hybridized carbons (Fsp3) is 0.562. The summed E-state index contributed by atoms with van der Waals surface area (Å²) in [6, 6.07) is 7.67. The van der Waals surface area contributed by atoms with E-state index in [4.69, 9.17) is 4.74 Å². The molecule has 1 aliphatic carbocycles. The van der Waals surface area contributed by atoms with Crippen LogP contribution in [0.25, 0.3) is 0 Å². The molecule has 1 saturated carbocycles. The van der Waals surface area contributed by atoms with Gasteiger partial charge in [0.05, 0.1) is 12.7 Å². The van der Waals surface area contributed by atoms with E-state index < -0.39 is 5.60 Å². The van der Waals surface area contributed by atoms with Crippen molar-refractivity contribution in [3.8, 4) is 5.75 Å². The van der Waals surface area contributed by atoms with Crippen LogP contribution in [-0.2, 0) is 10.4 Å². The van der Waals surface area contributed by atoms with Crippen molar-refractivity contribution < 1.29 is 14.6 Å². The largest absolute Gasteiger partial charge is 0.497 e. The lowest BCUT2D eigenvalue weighted by Gasteiger charge is -2.30. The van der Waals surface area contributed by atoms with Crippen LogP contribution in [0, 0.1) is 11.8 Å². The van der Waals surface area contributed by atoms with Crippen molar-refractivity contribution >= 4 is 5.91 Å². The zero-order valence-electron chi connectivity index (χ0n) is 12.0. The minimum atomic E-state index is -0.830. The van der Waals surface area contributed by atoms with Crippen LogP contribution in [0.3, 0.4) is 0 Å². The van der Waals surface area contributed by atoms with Crippen molar-refractivity contribution in [3.05, 3.63) is 29.8 Å². The fourth-order valence-corrected chi connectivity index (χ4v) is 3.80. The van der Waals surface area contributed by atoms with E-state index in [0.717, 1.165) is 30.7 Å². The van der Waals surface area contributed by atoms with Crippen molar-refractivity contribution in [2.24, 2.45) is 11.8 Å². The van der Waals surface area contributed by atoms with Crippen LogP contribution in [0.15, 0.2) is 24.3 Å². The second-order valence-corrected chi connectivity index (χ2v) is 5.99. The first-order valence-electron chi connectivity index (χ1n) is 7.17. The molecule has 1 aromatic carbocycles. The zero-order chi connectivity index (χ0) is 14.3. The molecule has 0 bridgehead atoms. The Labute approximate surface area is 119 Å². The number of amides is 1. The second kappa shape index (κ2) is 4.77. The summed E-state index contributed by atoms with van der Waals surface area (Å²) < 4.78 is 5.25. The maximum Gasteiger partial charge on any atom is 0.219 e. The number of hydrogen-bond donors (Lipinski definition) is 1. The lowest BCUT2D eigenvalue weighted by molar-refractivity contribution is -0.128. The lowest BCUT2D eigenvalue weighted by Crippen LogP contribution is -2.35. The van der Waals surface area contributed by atoms with Gasteiger partial charge >= 0.3 is 0 Å². The summed E-state index contributed by atoms with van der Waals surface area (Å²) in [7, 11) is 1.63. The van der Waals surface area contributed by atoms with E-state index in [1.165, 1.54) is 0 Å². The van der Waals surface area contributed by atoms with Gasteiger partial charge in [0.1, 0.15) is 5.75 Å². The minimum absolute atomic E-state index is 0.104. The predicted octanol–water partition coefficient (Wildman–Crippen LogP) is 1.77. The van der Waals surface area contributed by atoms with Gasteiger partial charge in [0.25, 0.3) is 0 Å². The van der Waals surface area contributed by atoms with Crippen molar-refractivity contribution in [2.75, 3.05) is 20.2 Å². The first-order chi connectivity index (χ1) is 9.54. The molecule has 1 heterocycles. The van der Waals surface area contributed by atoms with Crippen LogP contribution in [0.1, 0.15) is 25.3 Å². The summed E-state index contributed by atoms with van der Waals surface area (Å²) in [5, 5.41) is 11.2. The first kappa shape index (κ1) is 13.4. The Balaban J connectivity index is 1.90. The number of rotatable bonds is 2. The van der Waals surface area contributed by atoms with E-state index in [9.17, 15) is 9.90 Å². The quantitative estimate of drug-likeness (QED) is 0.895. The predicted molar refractivity (Wildman–Crippen MR) is 75.4 cm³/mol. The average Bonchev–Trinajstić information content (AvgIpc) is 3.01. The SMILES string of the molecule is COc1cccc([C@]2(O)CC[C@H]3CN(C(C)=O)C[C@H]32)c1. The number of carbonyl (C=O) groups is 1. The number of nitrogens with zero attached hydrogens (tertiary/aromatic N) is 1. The van der Waals surface area contributed by atoms with E-state index in [0.29, 0.717) is 12.5 Å². The molecule has 0 aromatic heterocycles. The lowest BCUT2D eigenvalue weighted by atomic mass is 9.82. The number of likely N-dealkylation sites (tertiary alicyclic amines) is 1. The zero-order valence-corrected chi connectivity index (χ0v) is 12.0. The second-order valence-electron chi connectivity index (χ2n) is 5.99. The topological polar surface area (TPSA) is 49.8 Å². The van der Waals surface area contributed by atoms with Crippen molar-refractivity contribution in [1.82, 2.24) is 4.90 Å². The Morgan fingerprint density at radius 3 is 2.95 bits per heavy atom. The van der Waals surface area contributed by atoms with Gasteiger partial charge < -0.3 is 14.7 Å². The number of benzene rings is 1. The summed E-state index contributed by atoms with van der Waals surface area (Å²) in [6.45, 7) is 3.05. The van der Waals surface area contributed by atoms with Gasteiger partial charge in [0.15, 0.2) is 0 Å². The molecular weight excluding hydrogens is 254 g/mol. The number of ether oxygens (including phenoxy) is 1. The fourth-order valence-electron chi connectivity index (χ4n) is 3.80. The van der Waals surface area contributed by atoms with E-state index in [-0.39, 0.29) is 11.8 Å². The normalized spacial score (nSPS) is 32.2. The molecule has 3 rings (SSSR count). The van der Waals surface area contributed by atoms with Crippen molar-refractivity contribution in [3.63, 3.8) is 0 Å². The Hall–Kier alpha value is -1.55. The van der Waals surface area contributed by atoms with E-state index in [1.54, 1.807) is 14.0 Å². The van der Waals surface area contributed by atoms with Gasteiger partial charge in [-0.1, -0.05) is 12.1 Å². The Bertz CT molecular complexity index is 530. The highest BCUT2D eigenvalue weighted by Crippen LogP contribution is 2.50. The Morgan fingerprint density at radius 1 is 1.45 bits per heavy atom. The average molecular weight is 275 g/mol. The first-order valence-corrected chi connectivity index (χ1v) is 7.17. The van der Waals surface area contributed by atoms with Gasteiger partial charge in [-0.25, -0.2) is 0 Å². The summed E-state index contributed by atoms with van der Waals surface area (Å²) in [6.07, 6.45) is 1.74. The molecule has 3 atom stereocenters. The summed E-state index contributed by atoms with van der Waals surface area (Å²) in [4.78, 5) is 13.4. The van der Waals surface area contributed by atoms with Gasteiger partial charge in [-0.3, -0.25) is 4.79 Å². The molecule has 0 unspecified atom stereocenters. The van der Waals surface area contributed by atoms with Crippen molar-refractivity contribution in [1.29, 1.82) is 0 Å². The number of hydrogen-bond acceptors (Lipinski definition) is 3. The number of carbonyl (C=O) groups excluding carboxylic acids is 1. The highest BCUT2D eigenvalue weighted by Gasteiger charge is 2.52. The molecule has 4 heteroatoms. The monoisotopic (exact) mass is 275 g/mol. The molecule has 1 aromatic rings. The minimum Gasteiger partial charge on any atom is -0.497 e. The maximum atomic E-state index is 11.5. The molecular formula is C16H21NO3. The van der Waals surface area contributed by atoms with Crippen LogP contribution < -0.4 is 4.74 Å². The maximum absolute atomic E-state index is 11.5. The molecule has 108 valence electrons. The molecule has 4 nitrogen and oxygen atoms in total. The summed E-state index contributed by atoms with van der Waals surface area (Å²) >= 11 is 0. The summed E-state index contributed by atoms with van der Waals surface area (Å²) in [5.74, 6) is 1.42. The van der Waals surface area contributed by atoms with Gasteiger partial charge in [-0.2, -0.15) is 0 Å². The third kappa shape index (κ3) is 1.99. The third-order valence-corrected chi connectivity index (χ3v) is 4.97. The number of aliphatic hydroxyl groups is 1. The smallest absolute Gasteiger partial charge is 0.219 e. The van der Waals surface area contributed by atoms with Crippen LogP contribution in [0.5, 0.6) is 5.75 Å². The molecule has 1 amide bonds. The van der Waals surface area contributed by atoms with Gasteiger partial charge in [0, 0.05) is 25.9 Å². The van der Waals surface area contributed by atoms with E-state index in [1.807, 2.05) is 29.2 Å². The van der Waals surface area contributed by atoms with Gasteiger partial charge in [-0.15, -0.1) is 0 Å². The Kier molecular flexibility index (Phi) is 3.21. The van der Waals surface area contributed by atoms with E-state index >= 15 is 0 Å². The van der Waals surface area contributed by atoms with Crippen molar-refractivity contribution in [2.45, 2.75) is 25.4 Å². The highest BCUT2D eigenvalue weighted by atomic mass is 16.5. The molecule has 20 heavy (non-hydrogen) atoms. The standard InChI is InChI=1S/C16H21NO3/c1-11(18)17-9-12-6-7-16(19,15(12)10-17)13-4-3-5-14(8-13)20-2/h3-5,8,12,15,19H,6-7,9-10H2,1-2H3/t12-,15+,16+/m0/s1. The van der Waals surface area contributed by atoms with Gasteiger partial charge in [-0.05, 0) is 36.5 Å². The number of methoxy groups -OCH3 is 1. The van der Waals surface area contributed by atoms with Crippen LogP contribution in [-0.4, -0.2) is 36.1 Å². The molecule has 1 N–H and O–H groups in total. The molecule has 2 aliphatic rings. The molecule has 1 aliphatic heterocycles. The van der Waals surface area contributed by atoms with Crippen LogP contribution >= 0.6 is 0 Å². The third-order valence-electron chi connectivity index (χ3n) is 4.97. The molecule has 0 radical (unpaired) electrons. The summed E-state index contributed by atoms with van der Waals surface area (Å²) in [5.41, 5.74) is 0.0819. The highest BCUT2D eigenvalue weighted by molar-refractivity contribution is 5.73. The Morgan fingerprint density at radius 2 is 2.25 bits per heavy atom. The molecule has 0 spiro atoms. The van der Waals surface area contributed by atoms with Crippen LogP contribution in [0.4, 0.5) is 0 Å².